The minimum absolute atomic E-state index is 0.0133. The number of H-pyrrole nitrogens is 1. The molecule has 1 saturated heterocycles. The van der Waals surface area contributed by atoms with Crippen LogP contribution in [0.15, 0.2) is 54.6 Å². The van der Waals surface area contributed by atoms with E-state index in [1.807, 2.05) is 30.3 Å². The molecule has 9 nitrogen and oxygen atoms in total. The number of hydrogen-bond donors (Lipinski definition) is 3. The number of ether oxygens (including phenoxy) is 2. The molecule has 0 spiro atoms. The third-order valence-electron chi connectivity index (χ3n) is 8.92. The molecule has 1 aliphatic heterocycles. The smallest absolute Gasteiger partial charge is 0.354 e. The van der Waals surface area contributed by atoms with Crippen LogP contribution in [0, 0.1) is 11.8 Å². The molecule has 10 heteroatoms. The van der Waals surface area contributed by atoms with Crippen LogP contribution in [0.5, 0.6) is 0 Å². The van der Waals surface area contributed by atoms with Crippen molar-refractivity contribution in [1.82, 2.24) is 9.88 Å². The second-order valence-corrected chi connectivity index (χ2v) is 11.7. The number of hydrogen-bond acceptors (Lipinski definition) is 6. The van der Waals surface area contributed by atoms with Gasteiger partial charge in [-0.05, 0) is 67.9 Å². The van der Waals surface area contributed by atoms with Gasteiger partial charge in [-0.15, -0.1) is 0 Å². The number of aromatic nitrogens is 1. The van der Waals surface area contributed by atoms with Gasteiger partial charge in [0.05, 0.1) is 6.61 Å². The summed E-state index contributed by atoms with van der Waals surface area (Å²) in [5.74, 6) is -0.968. The molecular formula is C33H41FN4O5. The molecule has 1 aromatic heterocycles. The Hall–Kier alpha value is -3.76. The van der Waals surface area contributed by atoms with E-state index in [1.54, 1.807) is 36.3 Å². The highest BCUT2D eigenvalue weighted by atomic mass is 19.1. The fourth-order valence-corrected chi connectivity index (χ4v) is 6.55. The number of aromatic amines is 1. The Morgan fingerprint density at radius 1 is 1.05 bits per heavy atom. The number of alkyl halides is 1. The first-order valence-corrected chi connectivity index (χ1v) is 15.2. The number of carbonyl (C=O) groups is 3. The predicted molar refractivity (Wildman–Crippen MR) is 162 cm³/mol. The van der Waals surface area contributed by atoms with Crippen LogP contribution in [0.4, 0.5) is 10.1 Å². The lowest BCUT2D eigenvalue weighted by Crippen LogP contribution is -2.48. The molecule has 1 aliphatic carbocycles. The van der Waals surface area contributed by atoms with Crippen molar-refractivity contribution in [3.63, 3.8) is 0 Å². The van der Waals surface area contributed by atoms with Gasteiger partial charge in [-0.25, -0.2) is 9.18 Å². The lowest BCUT2D eigenvalue weighted by Gasteiger charge is -2.35. The van der Waals surface area contributed by atoms with Crippen LogP contribution in [-0.2, 0) is 19.1 Å². The molecule has 2 amide bonds. The Labute approximate surface area is 251 Å². The van der Waals surface area contributed by atoms with Gasteiger partial charge in [-0.1, -0.05) is 30.3 Å². The predicted octanol–water partition coefficient (Wildman–Crippen LogP) is 4.79. The number of methoxy groups -OCH3 is 1. The molecule has 2 aromatic carbocycles. The highest BCUT2D eigenvalue weighted by molar-refractivity contribution is 6.01. The van der Waals surface area contributed by atoms with E-state index in [4.69, 9.17) is 15.2 Å². The molecule has 2 aliphatic rings. The Bertz CT molecular complexity index is 1400. The Morgan fingerprint density at radius 2 is 1.81 bits per heavy atom. The molecule has 1 saturated carbocycles. The number of carbonyl (C=O) groups excluding carboxylic acids is 3. The lowest BCUT2D eigenvalue weighted by atomic mass is 9.78. The van der Waals surface area contributed by atoms with Crippen molar-refractivity contribution in [2.75, 3.05) is 38.9 Å². The minimum Gasteiger partial charge on any atom is -0.461 e. The quantitative estimate of drug-likeness (QED) is 0.217. The van der Waals surface area contributed by atoms with E-state index in [0.717, 1.165) is 16.5 Å². The molecule has 43 heavy (non-hydrogen) atoms. The van der Waals surface area contributed by atoms with Crippen LogP contribution in [0.2, 0.25) is 0 Å². The third-order valence-corrected chi connectivity index (χ3v) is 8.92. The number of fused-ring (bicyclic) bond motifs is 1. The number of amides is 2. The Kier molecular flexibility index (Phi) is 10.1. The van der Waals surface area contributed by atoms with Crippen LogP contribution in [-0.4, -0.2) is 73.3 Å². The number of benzene rings is 2. The van der Waals surface area contributed by atoms with Crippen LogP contribution in [0.3, 0.4) is 0 Å². The fraction of sp³-hybridized carbons (Fsp3) is 0.485. The zero-order chi connectivity index (χ0) is 30.3. The first-order chi connectivity index (χ1) is 20.9. The number of esters is 1. The summed E-state index contributed by atoms with van der Waals surface area (Å²) in [7, 11) is 1.60. The van der Waals surface area contributed by atoms with Crippen molar-refractivity contribution >= 4 is 34.4 Å². The number of rotatable bonds is 11. The summed E-state index contributed by atoms with van der Waals surface area (Å²) >= 11 is 0. The van der Waals surface area contributed by atoms with Crippen LogP contribution in [0.25, 0.3) is 10.9 Å². The average Bonchev–Trinajstić information content (AvgIpc) is 3.68. The number of anilines is 1. The first kappa shape index (κ1) is 30.7. The largest absolute Gasteiger partial charge is 0.461 e. The van der Waals surface area contributed by atoms with Gasteiger partial charge >= 0.3 is 5.97 Å². The molecule has 5 rings (SSSR count). The van der Waals surface area contributed by atoms with E-state index in [-0.39, 0.29) is 36.2 Å². The second kappa shape index (κ2) is 14.1. The van der Waals surface area contributed by atoms with E-state index < -0.39 is 24.7 Å². The maximum absolute atomic E-state index is 13.9. The van der Waals surface area contributed by atoms with Gasteiger partial charge in [0, 0.05) is 61.2 Å². The van der Waals surface area contributed by atoms with Crippen molar-refractivity contribution in [1.29, 1.82) is 0 Å². The molecule has 0 bridgehead atoms. The zero-order valence-corrected chi connectivity index (χ0v) is 24.6. The molecule has 4 N–H and O–H groups in total. The lowest BCUT2D eigenvalue weighted by molar-refractivity contribution is -0.141. The number of nitrogens with one attached hydrogen (secondary N) is 2. The summed E-state index contributed by atoms with van der Waals surface area (Å²) in [6.07, 6.45) is 4.03. The standard InChI is InChI=1S/C33H41FN4O5/c1-42-16-5-17-43-33(41)29-19-24-18-25(12-13-28(24)37-29)36-31(39)30-26(21-6-3-2-4-7-21)14-15-38(30)32(40)23-10-8-22(9-11-23)27(35)20-34/h2-4,6-7,12-13,18-19,22-23,26-27,30,37H,5,8-11,14-17,20,35H2,1H3,(H,36,39)/t22-,23-,26-,27?,30-/m0/s1. The minimum atomic E-state index is -0.666. The summed E-state index contributed by atoms with van der Waals surface area (Å²) < 4.78 is 23.4. The van der Waals surface area contributed by atoms with E-state index in [1.165, 1.54) is 0 Å². The molecule has 1 unspecified atom stereocenters. The first-order valence-electron chi connectivity index (χ1n) is 15.2. The monoisotopic (exact) mass is 592 g/mol. The molecule has 230 valence electrons. The number of halogens is 1. The van der Waals surface area contributed by atoms with Crippen molar-refractivity contribution in [3.8, 4) is 0 Å². The van der Waals surface area contributed by atoms with Gasteiger partial charge in [0.25, 0.3) is 0 Å². The van der Waals surface area contributed by atoms with Crippen molar-refractivity contribution < 1.29 is 28.2 Å². The highest BCUT2D eigenvalue weighted by Gasteiger charge is 2.44. The molecule has 0 radical (unpaired) electrons. The van der Waals surface area contributed by atoms with E-state index >= 15 is 0 Å². The van der Waals surface area contributed by atoms with Gasteiger partial charge in [-0.2, -0.15) is 0 Å². The van der Waals surface area contributed by atoms with Crippen molar-refractivity contribution in [2.24, 2.45) is 17.6 Å². The summed E-state index contributed by atoms with van der Waals surface area (Å²) in [5, 5.41) is 3.80. The average molecular weight is 593 g/mol. The molecular weight excluding hydrogens is 551 g/mol. The van der Waals surface area contributed by atoms with Gasteiger partial charge in [-0.3, -0.25) is 9.59 Å². The topological polar surface area (TPSA) is 127 Å². The summed E-state index contributed by atoms with van der Waals surface area (Å²) in [5.41, 5.74) is 8.60. The summed E-state index contributed by atoms with van der Waals surface area (Å²) in [6, 6.07) is 15.8. The molecule has 3 aromatic rings. The van der Waals surface area contributed by atoms with Gasteiger partial charge < -0.3 is 30.4 Å². The van der Waals surface area contributed by atoms with Gasteiger partial charge in [0.15, 0.2) is 0 Å². The maximum atomic E-state index is 13.9. The van der Waals surface area contributed by atoms with E-state index in [9.17, 15) is 18.8 Å². The summed E-state index contributed by atoms with van der Waals surface area (Å²) in [6.45, 7) is 0.710. The Morgan fingerprint density at radius 3 is 2.53 bits per heavy atom. The van der Waals surface area contributed by atoms with Gasteiger partial charge in [0.2, 0.25) is 11.8 Å². The van der Waals surface area contributed by atoms with Crippen molar-refractivity contribution in [3.05, 3.63) is 65.9 Å². The highest BCUT2D eigenvalue weighted by Crippen LogP contribution is 2.38. The molecule has 2 fully saturated rings. The number of nitrogens with zero attached hydrogens (tertiary/aromatic N) is 1. The normalized spacial score (nSPS) is 22.8. The van der Waals surface area contributed by atoms with Crippen LogP contribution >= 0.6 is 0 Å². The van der Waals surface area contributed by atoms with E-state index in [2.05, 4.69) is 10.3 Å². The second-order valence-electron chi connectivity index (χ2n) is 11.7. The van der Waals surface area contributed by atoms with E-state index in [0.29, 0.717) is 63.1 Å². The maximum Gasteiger partial charge on any atom is 0.354 e. The Balaban J connectivity index is 1.31. The summed E-state index contributed by atoms with van der Waals surface area (Å²) in [4.78, 5) is 45.1. The third kappa shape index (κ3) is 7.08. The fourth-order valence-electron chi connectivity index (χ4n) is 6.55. The zero-order valence-electron chi connectivity index (χ0n) is 24.6. The number of likely N-dealkylation sites (tertiary alicyclic amines) is 1. The SMILES string of the molecule is COCCCOC(=O)c1cc2cc(NC(=O)[C@@H]3[C@H](c4ccccc4)CCN3C(=O)[C@H]3CC[C@H](C(N)CF)CC3)ccc2[nH]1. The molecule has 2 heterocycles. The van der Waals surface area contributed by atoms with Gasteiger partial charge in [0.1, 0.15) is 18.4 Å². The van der Waals surface area contributed by atoms with Crippen LogP contribution in [0.1, 0.15) is 60.5 Å². The number of nitrogens with two attached hydrogens (primary N) is 1. The van der Waals surface area contributed by atoms with Crippen molar-refractivity contribution in [2.45, 2.75) is 56.5 Å². The van der Waals surface area contributed by atoms with Crippen LogP contribution < -0.4 is 11.1 Å². The molecule has 3 atom stereocenters.